The first-order valence-corrected chi connectivity index (χ1v) is 17.8. The molecule has 0 bridgehead atoms. The molecule has 50 heavy (non-hydrogen) atoms. The summed E-state index contributed by atoms with van der Waals surface area (Å²) in [5.41, 5.74) is -0.448. The molecule has 2 heterocycles. The number of carbonyl (C=O) groups excluding carboxylic acids is 5. The smallest absolute Gasteiger partial charge is 0.315 e. The van der Waals surface area contributed by atoms with E-state index in [4.69, 9.17) is 9.72 Å². The minimum Gasteiger partial charge on any atom is -0.508 e. The van der Waals surface area contributed by atoms with Gasteiger partial charge in [-0.1, -0.05) is 34.1 Å². The Morgan fingerprint density at radius 2 is 1.70 bits per heavy atom. The van der Waals surface area contributed by atoms with Crippen LogP contribution in [0.5, 0.6) is 11.6 Å². The average Bonchev–Trinajstić information content (AvgIpc) is 3.96. The van der Waals surface area contributed by atoms with E-state index in [2.05, 4.69) is 21.3 Å². The quantitative estimate of drug-likeness (QED) is 0.209. The van der Waals surface area contributed by atoms with Crippen LogP contribution in [0.1, 0.15) is 105 Å². The second-order valence-electron chi connectivity index (χ2n) is 16.1. The van der Waals surface area contributed by atoms with Crippen LogP contribution in [0, 0.1) is 5.41 Å². The Labute approximate surface area is 293 Å². The average molecular weight is 693 g/mol. The molecule has 5 rings (SSSR count). The fraction of sp³-hybridized carbons (Fsp3) is 0.622. The van der Waals surface area contributed by atoms with Crippen LogP contribution in [0.25, 0.3) is 10.8 Å². The van der Waals surface area contributed by atoms with E-state index in [9.17, 15) is 29.1 Å². The molecule has 0 spiro atoms. The van der Waals surface area contributed by atoms with Gasteiger partial charge in [0, 0.05) is 35.0 Å². The van der Waals surface area contributed by atoms with E-state index in [-0.39, 0.29) is 31.2 Å². The number of Topliss-reactive ketones (excluding diaryl/α,β-unsaturated/α-hetero) is 1. The monoisotopic (exact) mass is 692 g/mol. The number of fused-ring (bicyclic) bond motifs is 1. The van der Waals surface area contributed by atoms with Crippen molar-refractivity contribution < 1.29 is 33.8 Å². The van der Waals surface area contributed by atoms with Crippen molar-refractivity contribution >= 4 is 40.3 Å². The molecule has 2 aromatic rings. The zero-order valence-electron chi connectivity index (χ0n) is 30.2. The Bertz CT molecular complexity index is 1640. The van der Waals surface area contributed by atoms with Crippen molar-refractivity contribution in [2.24, 2.45) is 5.41 Å². The van der Waals surface area contributed by atoms with Gasteiger partial charge in [0.25, 0.3) is 5.91 Å². The second-order valence-corrected chi connectivity index (χ2v) is 16.1. The lowest BCUT2D eigenvalue weighted by Gasteiger charge is -2.36. The molecule has 3 aliphatic rings. The summed E-state index contributed by atoms with van der Waals surface area (Å²) in [6.45, 7) is 12.9. The third kappa shape index (κ3) is 9.22. The number of phenols is 1. The highest BCUT2D eigenvalue weighted by atomic mass is 16.5. The number of nitrogens with one attached hydrogen (secondary N) is 4. The van der Waals surface area contributed by atoms with Crippen molar-refractivity contribution in [2.75, 3.05) is 6.54 Å². The van der Waals surface area contributed by atoms with E-state index in [1.54, 1.807) is 18.2 Å². The molecule has 0 radical (unpaired) electrons. The summed E-state index contributed by atoms with van der Waals surface area (Å²) >= 11 is 0. The van der Waals surface area contributed by atoms with E-state index in [0.29, 0.717) is 23.6 Å². The zero-order valence-corrected chi connectivity index (χ0v) is 30.2. The predicted octanol–water partition coefficient (Wildman–Crippen LogP) is 3.81. The molecule has 272 valence electrons. The molecule has 5 N–H and O–H groups in total. The first-order valence-electron chi connectivity index (χ1n) is 17.8. The van der Waals surface area contributed by atoms with Crippen molar-refractivity contribution in [1.29, 1.82) is 0 Å². The summed E-state index contributed by atoms with van der Waals surface area (Å²) in [5.74, 6) is -1.76. The Hall–Kier alpha value is -4.42. The van der Waals surface area contributed by atoms with E-state index in [1.165, 1.54) is 4.90 Å². The summed E-state index contributed by atoms with van der Waals surface area (Å²) in [6, 6.07) is 3.20. The molecule has 1 aliphatic heterocycles. The molecule has 3 fully saturated rings. The molecule has 1 aromatic heterocycles. The molecule has 2 saturated carbocycles. The van der Waals surface area contributed by atoms with E-state index in [1.807, 2.05) is 54.5 Å². The third-order valence-electron chi connectivity index (χ3n) is 9.15. The van der Waals surface area contributed by atoms with Gasteiger partial charge in [0.2, 0.25) is 23.5 Å². The van der Waals surface area contributed by atoms with Crippen molar-refractivity contribution in [2.45, 2.75) is 135 Å². The highest BCUT2D eigenvalue weighted by Crippen LogP contribution is 2.42. The largest absolute Gasteiger partial charge is 0.508 e. The minimum absolute atomic E-state index is 0.00946. The zero-order chi connectivity index (χ0) is 36.5. The fourth-order valence-corrected chi connectivity index (χ4v) is 6.23. The lowest BCUT2D eigenvalue weighted by molar-refractivity contribution is -0.144. The number of likely N-dealkylation sites (tertiary alicyclic amines) is 1. The van der Waals surface area contributed by atoms with Gasteiger partial charge in [-0.05, 0) is 87.9 Å². The molecule has 2 aliphatic carbocycles. The number of benzene rings is 1. The van der Waals surface area contributed by atoms with Gasteiger partial charge in [-0.15, -0.1) is 0 Å². The lowest BCUT2D eigenvalue weighted by Crippen LogP contribution is -2.61. The maximum Gasteiger partial charge on any atom is 0.315 e. The Morgan fingerprint density at radius 1 is 1.00 bits per heavy atom. The highest BCUT2D eigenvalue weighted by molar-refractivity contribution is 6.38. The van der Waals surface area contributed by atoms with Crippen LogP contribution in [-0.2, 0) is 19.2 Å². The summed E-state index contributed by atoms with van der Waals surface area (Å²) in [7, 11) is 0. The molecule has 13 nitrogen and oxygen atoms in total. The number of amides is 5. The number of ketones is 1. The topological polar surface area (TPSA) is 179 Å². The Kier molecular flexibility index (Phi) is 10.6. The maximum atomic E-state index is 14.5. The van der Waals surface area contributed by atoms with Crippen molar-refractivity contribution in [3.63, 3.8) is 0 Å². The van der Waals surface area contributed by atoms with Crippen molar-refractivity contribution in [1.82, 2.24) is 31.2 Å². The van der Waals surface area contributed by atoms with Gasteiger partial charge in [0.1, 0.15) is 23.9 Å². The molecule has 4 atom stereocenters. The van der Waals surface area contributed by atoms with Crippen molar-refractivity contribution in [3.8, 4) is 11.6 Å². The van der Waals surface area contributed by atoms with Crippen LogP contribution in [0.15, 0.2) is 24.3 Å². The molecular formula is C37H52N6O7. The number of aromatic hydroxyl groups is 1. The number of hydrogen-bond donors (Lipinski definition) is 5. The number of carbonyl (C=O) groups is 5. The number of urea groups is 1. The number of aromatic nitrogens is 1. The molecule has 1 aromatic carbocycles. The van der Waals surface area contributed by atoms with Crippen LogP contribution in [-0.4, -0.2) is 86.9 Å². The summed E-state index contributed by atoms with van der Waals surface area (Å²) in [5, 5.41) is 22.8. The number of rotatable bonds is 12. The molecule has 3 unspecified atom stereocenters. The molecule has 1 saturated heterocycles. The lowest BCUT2D eigenvalue weighted by atomic mass is 9.85. The van der Waals surface area contributed by atoms with Crippen LogP contribution in [0.2, 0.25) is 0 Å². The van der Waals surface area contributed by atoms with Gasteiger partial charge in [-0.2, -0.15) is 0 Å². The third-order valence-corrected chi connectivity index (χ3v) is 9.15. The van der Waals surface area contributed by atoms with Crippen LogP contribution >= 0.6 is 0 Å². The van der Waals surface area contributed by atoms with Gasteiger partial charge in [-0.3, -0.25) is 19.2 Å². The van der Waals surface area contributed by atoms with Crippen LogP contribution in [0.3, 0.4) is 0 Å². The normalized spacial score (nSPS) is 20.5. The van der Waals surface area contributed by atoms with Gasteiger partial charge < -0.3 is 36.0 Å². The van der Waals surface area contributed by atoms with Crippen LogP contribution in [0.4, 0.5) is 4.79 Å². The van der Waals surface area contributed by atoms with Gasteiger partial charge >= 0.3 is 6.03 Å². The Balaban J connectivity index is 1.44. The first-order chi connectivity index (χ1) is 23.4. The van der Waals surface area contributed by atoms with Gasteiger partial charge in [0.15, 0.2) is 0 Å². The summed E-state index contributed by atoms with van der Waals surface area (Å²) in [4.78, 5) is 73.7. The number of ether oxygens (including phenoxy) is 1. The highest BCUT2D eigenvalue weighted by Gasteiger charge is 2.47. The van der Waals surface area contributed by atoms with Crippen LogP contribution < -0.4 is 26.0 Å². The number of hydrogen-bond acceptors (Lipinski definition) is 8. The second kappa shape index (κ2) is 14.4. The molecular weight excluding hydrogens is 640 g/mol. The number of phenolic OH excluding ortho intramolecular Hbond substituents is 1. The molecule has 13 heteroatoms. The fourth-order valence-electron chi connectivity index (χ4n) is 6.23. The van der Waals surface area contributed by atoms with Crippen molar-refractivity contribution in [3.05, 3.63) is 30.0 Å². The summed E-state index contributed by atoms with van der Waals surface area (Å²) in [6.07, 6.45) is 3.84. The number of pyridine rings is 1. The number of nitrogens with zero attached hydrogens (tertiary/aromatic N) is 2. The maximum absolute atomic E-state index is 14.5. The SMILES string of the molecule is CCCC(NC(=O)C1C[C@@H](Oc2nc(C3CC3)cc3cc(O)ccc23)CN1C(=O)C(NC(=O)NC(C)(C)C)C(C)(C)C)C(=O)C(=O)NC1CC1. The predicted molar refractivity (Wildman–Crippen MR) is 188 cm³/mol. The van der Waals surface area contributed by atoms with Gasteiger partial charge in [-0.25, -0.2) is 9.78 Å². The Morgan fingerprint density at radius 3 is 2.30 bits per heavy atom. The minimum atomic E-state index is -1.06. The summed E-state index contributed by atoms with van der Waals surface area (Å²) < 4.78 is 6.51. The molecule has 5 amide bonds. The first kappa shape index (κ1) is 36.9. The van der Waals surface area contributed by atoms with E-state index >= 15 is 0 Å². The van der Waals surface area contributed by atoms with E-state index < -0.39 is 64.7 Å². The van der Waals surface area contributed by atoms with E-state index in [0.717, 1.165) is 36.8 Å². The standard InChI is InChI=1S/C37H52N6O7/c1-8-9-26(29(45)32(47)38-22-12-13-22)39-31(46)28-18-24(19-43(28)34(48)30(36(2,3)4)41-35(49)42-37(5,6)7)50-33-25-15-14-23(44)16-21(25)17-27(40-33)20-10-11-20/h14-17,20,22,24,26,28,30,44H,8-13,18-19H2,1-7H3,(H,38,47)(H,39,46)(H2,41,42,49)/t24-,26?,28?,30?/m1/s1. The van der Waals surface area contributed by atoms with Gasteiger partial charge in [0.05, 0.1) is 12.6 Å².